The number of para-hydroxylation sites is 1. The largest absolute Gasteiger partial charge is 0.494 e. The molecule has 3 aromatic rings. The van der Waals surface area contributed by atoms with Crippen LogP contribution in [-0.4, -0.2) is 30.7 Å². The van der Waals surface area contributed by atoms with Crippen LogP contribution >= 0.6 is 0 Å². The van der Waals surface area contributed by atoms with Gasteiger partial charge in [-0.15, -0.1) is 0 Å². The van der Waals surface area contributed by atoms with Crippen LogP contribution in [0.15, 0.2) is 72.8 Å². The maximum absolute atomic E-state index is 12.9. The van der Waals surface area contributed by atoms with Gasteiger partial charge in [0.25, 0.3) is 5.91 Å². The predicted octanol–water partition coefficient (Wildman–Crippen LogP) is 4.89. The summed E-state index contributed by atoms with van der Waals surface area (Å²) in [6.07, 6.45) is 1.05. The van der Waals surface area contributed by atoms with Crippen molar-refractivity contribution < 1.29 is 19.1 Å². The van der Waals surface area contributed by atoms with E-state index in [4.69, 9.17) is 4.74 Å². The average Bonchev–Trinajstić information content (AvgIpc) is 3.27. The summed E-state index contributed by atoms with van der Waals surface area (Å²) < 4.78 is 5.37. The SMILES string of the molecule is CCOc1ccc(C(=O)CCC(=O)Nc2ccc(C(=O)N3CCc4ccccc43)cc2)cc1. The summed E-state index contributed by atoms with van der Waals surface area (Å²) >= 11 is 0. The number of carbonyl (C=O) groups excluding carboxylic acids is 3. The van der Waals surface area contributed by atoms with E-state index >= 15 is 0 Å². The van der Waals surface area contributed by atoms with Crippen LogP contribution in [0.2, 0.25) is 0 Å². The summed E-state index contributed by atoms with van der Waals surface area (Å²) in [5.41, 5.74) is 3.84. The standard InChI is InChI=1S/C27H26N2O4/c1-2-33-23-13-9-20(10-14-23)25(30)15-16-26(31)28-22-11-7-21(8-12-22)27(32)29-18-17-19-5-3-4-6-24(19)29/h3-14H,2,15-18H2,1H3,(H,28,31). The maximum Gasteiger partial charge on any atom is 0.258 e. The van der Waals surface area contributed by atoms with Crippen molar-refractivity contribution in [3.8, 4) is 5.75 Å². The van der Waals surface area contributed by atoms with Gasteiger partial charge in [-0.25, -0.2) is 0 Å². The molecule has 1 aliphatic heterocycles. The quantitative estimate of drug-likeness (QED) is 0.504. The molecule has 0 saturated heterocycles. The van der Waals surface area contributed by atoms with Crippen molar-refractivity contribution in [2.45, 2.75) is 26.2 Å². The van der Waals surface area contributed by atoms with E-state index in [0.29, 0.717) is 35.7 Å². The van der Waals surface area contributed by atoms with E-state index in [-0.39, 0.29) is 30.4 Å². The van der Waals surface area contributed by atoms with E-state index < -0.39 is 0 Å². The zero-order chi connectivity index (χ0) is 23.2. The van der Waals surface area contributed by atoms with Crippen LogP contribution in [0.25, 0.3) is 0 Å². The third-order valence-electron chi connectivity index (χ3n) is 5.61. The van der Waals surface area contributed by atoms with Crippen LogP contribution in [0.1, 0.15) is 46.0 Å². The van der Waals surface area contributed by atoms with Crippen LogP contribution < -0.4 is 15.0 Å². The molecular formula is C27H26N2O4. The topological polar surface area (TPSA) is 75.7 Å². The molecule has 0 aromatic heterocycles. The maximum atomic E-state index is 12.9. The van der Waals surface area contributed by atoms with Gasteiger partial charge in [-0.1, -0.05) is 18.2 Å². The molecule has 0 bridgehead atoms. The first kappa shape index (κ1) is 22.3. The minimum Gasteiger partial charge on any atom is -0.494 e. The molecule has 33 heavy (non-hydrogen) atoms. The number of benzene rings is 3. The summed E-state index contributed by atoms with van der Waals surface area (Å²) in [5.74, 6) is 0.309. The summed E-state index contributed by atoms with van der Waals surface area (Å²) in [6.45, 7) is 3.13. The Morgan fingerprint density at radius 1 is 0.879 bits per heavy atom. The molecule has 1 heterocycles. The Morgan fingerprint density at radius 2 is 1.58 bits per heavy atom. The summed E-state index contributed by atoms with van der Waals surface area (Å²) in [7, 11) is 0. The van der Waals surface area contributed by atoms with E-state index in [1.165, 1.54) is 5.56 Å². The highest BCUT2D eigenvalue weighted by Gasteiger charge is 2.25. The molecule has 4 rings (SSSR count). The Bertz CT molecular complexity index is 1150. The molecular weight excluding hydrogens is 416 g/mol. The Kier molecular flexibility index (Phi) is 6.83. The van der Waals surface area contributed by atoms with Crippen molar-refractivity contribution in [1.29, 1.82) is 0 Å². The number of Topliss-reactive ketones (excluding diaryl/α,β-unsaturated/α-hetero) is 1. The molecule has 168 valence electrons. The molecule has 0 unspecified atom stereocenters. The van der Waals surface area contributed by atoms with Crippen molar-refractivity contribution in [3.63, 3.8) is 0 Å². The van der Waals surface area contributed by atoms with Gasteiger partial charge in [0, 0.05) is 41.9 Å². The molecule has 6 nitrogen and oxygen atoms in total. The van der Waals surface area contributed by atoms with Gasteiger partial charge in [0.1, 0.15) is 5.75 Å². The van der Waals surface area contributed by atoms with Crippen LogP contribution in [0.4, 0.5) is 11.4 Å². The van der Waals surface area contributed by atoms with Gasteiger partial charge in [0.2, 0.25) is 5.91 Å². The van der Waals surface area contributed by atoms with E-state index in [1.807, 2.05) is 31.2 Å². The highest BCUT2D eigenvalue weighted by Crippen LogP contribution is 2.29. The molecule has 0 saturated carbocycles. The molecule has 0 atom stereocenters. The highest BCUT2D eigenvalue weighted by atomic mass is 16.5. The van der Waals surface area contributed by atoms with Crippen LogP contribution in [0, 0.1) is 0 Å². The number of amides is 2. The molecule has 0 fully saturated rings. The Labute approximate surface area is 193 Å². The van der Waals surface area contributed by atoms with Gasteiger partial charge >= 0.3 is 0 Å². The highest BCUT2D eigenvalue weighted by molar-refractivity contribution is 6.07. The van der Waals surface area contributed by atoms with Crippen molar-refractivity contribution in [2.24, 2.45) is 0 Å². The predicted molar refractivity (Wildman–Crippen MR) is 128 cm³/mol. The number of anilines is 2. The Balaban J connectivity index is 1.29. The number of ketones is 1. The minimum absolute atomic E-state index is 0.0567. The molecule has 0 aliphatic carbocycles. The zero-order valence-electron chi connectivity index (χ0n) is 18.5. The molecule has 3 aromatic carbocycles. The van der Waals surface area contributed by atoms with Gasteiger partial charge in [-0.05, 0) is 73.5 Å². The summed E-state index contributed by atoms with van der Waals surface area (Å²) in [4.78, 5) is 39.3. The summed E-state index contributed by atoms with van der Waals surface area (Å²) in [6, 6.07) is 21.7. The van der Waals surface area contributed by atoms with E-state index in [9.17, 15) is 14.4 Å². The number of nitrogens with one attached hydrogen (secondary N) is 1. The van der Waals surface area contributed by atoms with Crippen molar-refractivity contribution >= 4 is 29.0 Å². The van der Waals surface area contributed by atoms with Crippen LogP contribution in [0.3, 0.4) is 0 Å². The Hall–Kier alpha value is -3.93. The summed E-state index contributed by atoms with van der Waals surface area (Å²) in [5, 5.41) is 2.79. The number of fused-ring (bicyclic) bond motifs is 1. The van der Waals surface area contributed by atoms with E-state index in [1.54, 1.807) is 53.4 Å². The lowest BCUT2D eigenvalue weighted by molar-refractivity contribution is -0.116. The third-order valence-corrected chi connectivity index (χ3v) is 5.61. The van der Waals surface area contributed by atoms with Gasteiger partial charge in [0.15, 0.2) is 5.78 Å². The first-order chi connectivity index (χ1) is 16.0. The van der Waals surface area contributed by atoms with Gasteiger partial charge < -0.3 is 15.0 Å². The molecule has 0 radical (unpaired) electrons. The third kappa shape index (κ3) is 5.29. The second-order valence-electron chi connectivity index (χ2n) is 7.84. The van der Waals surface area contributed by atoms with Crippen molar-refractivity contribution in [1.82, 2.24) is 0 Å². The first-order valence-electron chi connectivity index (χ1n) is 11.1. The second-order valence-corrected chi connectivity index (χ2v) is 7.84. The van der Waals surface area contributed by atoms with E-state index in [2.05, 4.69) is 5.32 Å². The van der Waals surface area contributed by atoms with Gasteiger partial charge in [0.05, 0.1) is 6.61 Å². The number of hydrogen-bond donors (Lipinski definition) is 1. The molecule has 2 amide bonds. The number of ether oxygens (including phenoxy) is 1. The second kappa shape index (κ2) is 10.1. The molecule has 0 spiro atoms. The average molecular weight is 443 g/mol. The fourth-order valence-corrected chi connectivity index (χ4v) is 3.90. The van der Waals surface area contributed by atoms with Crippen LogP contribution in [-0.2, 0) is 11.2 Å². The fraction of sp³-hybridized carbons (Fsp3) is 0.222. The number of hydrogen-bond acceptors (Lipinski definition) is 4. The Morgan fingerprint density at radius 3 is 2.30 bits per heavy atom. The lowest BCUT2D eigenvalue weighted by Gasteiger charge is -2.17. The van der Waals surface area contributed by atoms with Crippen molar-refractivity contribution in [2.75, 3.05) is 23.4 Å². The molecule has 6 heteroatoms. The molecule has 1 aliphatic rings. The molecule has 1 N–H and O–H groups in total. The first-order valence-corrected chi connectivity index (χ1v) is 11.1. The van der Waals surface area contributed by atoms with Crippen molar-refractivity contribution in [3.05, 3.63) is 89.5 Å². The number of carbonyl (C=O) groups is 3. The van der Waals surface area contributed by atoms with E-state index in [0.717, 1.165) is 12.1 Å². The van der Waals surface area contributed by atoms with Crippen LogP contribution in [0.5, 0.6) is 5.75 Å². The fourth-order valence-electron chi connectivity index (χ4n) is 3.90. The minimum atomic E-state index is -0.248. The zero-order valence-corrected chi connectivity index (χ0v) is 18.5. The normalized spacial score (nSPS) is 12.2. The number of nitrogens with zero attached hydrogens (tertiary/aromatic N) is 1. The van der Waals surface area contributed by atoms with Gasteiger partial charge in [-0.3, -0.25) is 14.4 Å². The number of rotatable bonds is 8. The lowest BCUT2D eigenvalue weighted by atomic mass is 10.1. The van der Waals surface area contributed by atoms with Gasteiger partial charge in [-0.2, -0.15) is 0 Å². The smallest absolute Gasteiger partial charge is 0.258 e. The lowest BCUT2D eigenvalue weighted by Crippen LogP contribution is -2.28. The monoisotopic (exact) mass is 442 g/mol.